The number of alkyl halides is 3. The van der Waals surface area contributed by atoms with Crippen LogP contribution in [0.25, 0.3) is 10.9 Å². The number of aliphatic hydroxyl groups is 1. The predicted octanol–water partition coefficient (Wildman–Crippen LogP) is 3.29. The van der Waals surface area contributed by atoms with E-state index in [0.29, 0.717) is 11.8 Å². The molecule has 4 nitrogen and oxygen atoms in total. The SMILES string of the molecule is C[C@@H]1CCC[C@H](CO)N1c1ccc2[nH]c(=O)cc(C(F)(F)F)c2c1. The van der Waals surface area contributed by atoms with Gasteiger partial charge in [0, 0.05) is 28.7 Å². The van der Waals surface area contributed by atoms with Gasteiger partial charge in [-0.15, -0.1) is 0 Å². The number of aliphatic hydroxyl groups excluding tert-OH is 1. The van der Waals surface area contributed by atoms with Crippen molar-refractivity contribution in [2.75, 3.05) is 11.5 Å². The van der Waals surface area contributed by atoms with Gasteiger partial charge >= 0.3 is 6.18 Å². The van der Waals surface area contributed by atoms with Crippen LogP contribution in [0.15, 0.2) is 29.1 Å². The summed E-state index contributed by atoms with van der Waals surface area (Å²) in [7, 11) is 0. The van der Waals surface area contributed by atoms with E-state index in [0.717, 1.165) is 19.3 Å². The molecule has 0 bridgehead atoms. The van der Waals surface area contributed by atoms with E-state index in [2.05, 4.69) is 4.98 Å². The van der Waals surface area contributed by atoms with E-state index in [9.17, 15) is 23.1 Å². The summed E-state index contributed by atoms with van der Waals surface area (Å²) in [5.74, 6) is 0. The number of rotatable bonds is 2. The second kappa shape index (κ2) is 6.12. The van der Waals surface area contributed by atoms with Crippen molar-refractivity contribution in [3.8, 4) is 0 Å². The monoisotopic (exact) mass is 340 g/mol. The molecule has 1 fully saturated rings. The highest BCUT2D eigenvalue weighted by molar-refractivity contribution is 5.86. The molecule has 1 aliphatic rings. The molecule has 0 radical (unpaired) electrons. The largest absolute Gasteiger partial charge is 0.417 e. The van der Waals surface area contributed by atoms with Crippen molar-refractivity contribution in [2.45, 2.75) is 44.4 Å². The maximum atomic E-state index is 13.3. The lowest BCUT2D eigenvalue weighted by Gasteiger charge is -2.42. The Morgan fingerprint density at radius 2 is 2.04 bits per heavy atom. The molecule has 0 amide bonds. The van der Waals surface area contributed by atoms with Crippen LogP contribution in [0.5, 0.6) is 0 Å². The van der Waals surface area contributed by atoms with Crippen molar-refractivity contribution in [3.05, 3.63) is 40.2 Å². The van der Waals surface area contributed by atoms with Crippen molar-refractivity contribution in [1.29, 1.82) is 0 Å². The molecule has 2 aromatic rings. The number of aromatic amines is 1. The number of pyridine rings is 1. The lowest BCUT2D eigenvalue weighted by molar-refractivity contribution is -0.136. The molecule has 1 aliphatic heterocycles. The fourth-order valence-electron chi connectivity index (χ4n) is 3.57. The first-order chi connectivity index (χ1) is 11.3. The number of H-pyrrole nitrogens is 1. The van der Waals surface area contributed by atoms with Gasteiger partial charge in [-0.05, 0) is 44.4 Å². The van der Waals surface area contributed by atoms with Crippen LogP contribution in [-0.2, 0) is 6.18 Å². The molecule has 24 heavy (non-hydrogen) atoms. The summed E-state index contributed by atoms with van der Waals surface area (Å²) < 4.78 is 39.9. The lowest BCUT2D eigenvalue weighted by atomic mass is 9.95. The number of piperidine rings is 1. The zero-order chi connectivity index (χ0) is 17.5. The molecule has 130 valence electrons. The van der Waals surface area contributed by atoms with E-state index in [1.165, 1.54) is 12.1 Å². The Kier molecular flexibility index (Phi) is 4.29. The van der Waals surface area contributed by atoms with Gasteiger partial charge in [-0.25, -0.2) is 0 Å². The fraction of sp³-hybridized carbons (Fsp3) is 0.471. The number of fused-ring (bicyclic) bond motifs is 1. The lowest BCUT2D eigenvalue weighted by Crippen LogP contribution is -2.47. The van der Waals surface area contributed by atoms with Gasteiger partial charge < -0.3 is 15.0 Å². The highest BCUT2D eigenvalue weighted by atomic mass is 19.4. The fourth-order valence-corrected chi connectivity index (χ4v) is 3.57. The van der Waals surface area contributed by atoms with E-state index in [1.807, 2.05) is 11.8 Å². The Morgan fingerprint density at radius 3 is 2.71 bits per heavy atom. The zero-order valence-electron chi connectivity index (χ0n) is 13.2. The number of hydrogen-bond acceptors (Lipinski definition) is 3. The van der Waals surface area contributed by atoms with Crippen LogP contribution < -0.4 is 10.5 Å². The van der Waals surface area contributed by atoms with E-state index in [4.69, 9.17) is 0 Å². The standard InChI is InChI=1S/C17H19F3N2O2/c1-10-3-2-4-12(9-23)22(10)11-5-6-15-13(7-11)14(17(18,19)20)8-16(24)21-15/h5-8,10,12,23H,2-4,9H2,1H3,(H,21,24)/t10-,12-/m1/s1. The number of anilines is 1. The van der Waals surface area contributed by atoms with Gasteiger partial charge in [0.05, 0.1) is 18.2 Å². The third kappa shape index (κ3) is 3.00. The Hall–Kier alpha value is -2.02. The van der Waals surface area contributed by atoms with Gasteiger partial charge in [0.2, 0.25) is 5.56 Å². The van der Waals surface area contributed by atoms with Crippen LogP contribution in [0.4, 0.5) is 18.9 Å². The summed E-state index contributed by atoms with van der Waals surface area (Å²) >= 11 is 0. The number of halogens is 3. The molecule has 1 aromatic carbocycles. The summed E-state index contributed by atoms with van der Waals surface area (Å²) in [6.45, 7) is 1.96. The average molecular weight is 340 g/mol. The van der Waals surface area contributed by atoms with Crippen molar-refractivity contribution >= 4 is 16.6 Å². The number of hydrogen-bond donors (Lipinski definition) is 2. The molecular formula is C17H19F3N2O2. The van der Waals surface area contributed by atoms with E-state index >= 15 is 0 Å². The minimum Gasteiger partial charge on any atom is -0.394 e. The van der Waals surface area contributed by atoms with Crippen LogP contribution in [0.1, 0.15) is 31.7 Å². The predicted molar refractivity (Wildman–Crippen MR) is 86.2 cm³/mol. The van der Waals surface area contributed by atoms with Gasteiger partial charge in [0.1, 0.15) is 0 Å². The van der Waals surface area contributed by atoms with Gasteiger partial charge in [0.25, 0.3) is 0 Å². The van der Waals surface area contributed by atoms with Crippen LogP contribution in [0.3, 0.4) is 0 Å². The molecule has 2 heterocycles. The van der Waals surface area contributed by atoms with Crippen LogP contribution in [-0.4, -0.2) is 28.8 Å². The molecule has 3 rings (SSSR count). The van der Waals surface area contributed by atoms with Gasteiger partial charge in [-0.3, -0.25) is 4.79 Å². The molecule has 0 unspecified atom stereocenters. The third-order valence-electron chi connectivity index (χ3n) is 4.67. The molecule has 1 saturated heterocycles. The second-order valence-electron chi connectivity index (χ2n) is 6.30. The van der Waals surface area contributed by atoms with Crippen LogP contribution in [0.2, 0.25) is 0 Å². The van der Waals surface area contributed by atoms with Gasteiger partial charge in [0.15, 0.2) is 0 Å². The average Bonchev–Trinajstić information content (AvgIpc) is 2.52. The number of nitrogens with one attached hydrogen (secondary N) is 1. The number of aromatic nitrogens is 1. The normalized spacial score (nSPS) is 22.1. The Labute approximate surface area is 136 Å². The minimum atomic E-state index is -4.60. The smallest absolute Gasteiger partial charge is 0.394 e. The van der Waals surface area contributed by atoms with E-state index in [-0.39, 0.29) is 29.6 Å². The Bertz CT molecular complexity index is 801. The second-order valence-corrected chi connectivity index (χ2v) is 6.30. The van der Waals surface area contributed by atoms with Crippen molar-refractivity contribution in [3.63, 3.8) is 0 Å². The van der Waals surface area contributed by atoms with Gasteiger partial charge in [-0.1, -0.05) is 0 Å². The first kappa shape index (κ1) is 16.8. The number of benzene rings is 1. The molecule has 0 aliphatic carbocycles. The minimum absolute atomic E-state index is 0.0333. The van der Waals surface area contributed by atoms with Crippen molar-refractivity contribution in [2.24, 2.45) is 0 Å². The topological polar surface area (TPSA) is 56.3 Å². The van der Waals surface area contributed by atoms with Crippen molar-refractivity contribution < 1.29 is 18.3 Å². The molecule has 7 heteroatoms. The summed E-state index contributed by atoms with van der Waals surface area (Å²) in [5, 5.41) is 9.57. The molecule has 0 spiro atoms. The highest BCUT2D eigenvalue weighted by Gasteiger charge is 2.34. The number of nitrogens with zero attached hydrogens (tertiary/aromatic N) is 1. The summed E-state index contributed by atoms with van der Waals surface area (Å²) in [5.41, 5.74) is -0.925. The summed E-state index contributed by atoms with van der Waals surface area (Å²) in [4.78, 5) is 15.9. The van der Waals surface area contributed by atoms with E-state index in [1.54, 1.807) is 6.07 Å². The molecule has 2 N–H and O–H groups in total. The highest BCUT2D eigenvalue weighted by Crippen LogP contribution is 2.36. The van der Waals surface area contributed by atoms with Crippen LogP contribution in [0, 0.1) is 0 Å². The molecule has 1 aromatic heterocycles. The first-order valence-electron chi connectivity index (χ1n) is 7.94. The maximum absolute atomic E-state index is 13.3. The van der Waals surface area contributed by atoms with E-state index < -0.39 is 17.3 Å². The molecule has 2 atom stereocenters. The summed E-state index contributed by atoms with van der Waals surface area (Å²) in [6, 6.07) is 5.27. The van der Waals surface area contributed by atoms with Crippen LogP contribution >= 0.6 is 0 Å². The summed E-state index contributed by atoms with van der Waals surface area (Å²) in [6.07, 6.45) is -1.89. The molecule has 0 saturated carbocycles. The molecular weight excluding hydrogens is 321 g/mol. The first-order valence-corrected chi connectivity index (χ1v) is 7.94. The Balaban J connectivity index is 2.17. The zero-order valence-corrected chi connectivity index (χ0v) is 13.2. The van der Waals surface area contributed by atoms with Gasteiger partial charge in [-0.2, -0.15) is 13.2 Å². The Morgan fingerprint density at radius 1 is 1.29 bits per heavy atom. The van der Waals surface area contributed by atoms with Crippen molar-refractivity contribution in [1.82, 2.24) is 4.98 Å². The third-order valence-corrected chi connectivity index (χ3v) is 4.67. The maximum Gasteiger partial charge on any atom is 0.417 e. The quantitative estimate of drug-likeness (QED) is 0.882.